The molecule has 1 N–H and O–H groups in total. The third kappa shape index (κ3) is 3.74. The molecule has 0 unspecified atom stereocenters. The minimum absolute atomic E-state index is 0.0490. The molecule has 2 aromatic carbocycles. The summed E-state index contributed by atoms with van der Waals surface area (Å²) in [5.74, 6) is 0.0469. The zero-order valence-electron chi connectivity index (χ0n) is 15.4. The molecule has 1 aliphatic rings. The number of rotatable bonds is 5. The molecule has 6 nitrogen and oxygen atoms in total. The van der Waals surface area contributed by atoms with Crippen LogP contribution < -0.4 is 14.4 Å². The van der Waals surface area contributed by atoms with E-state index in [1.165, 1.54) is 37.8 Å². The molecule has 0 saturated carbocycles. The largest absolute Gasteiger partial charge is 0.502 e. The van der Waals surface area contributed by atoms with Crippen LogP contribution in [-0.2, 0) is 4.79 Å². The van der Waals surface area contributed by atoms with Crippen molar-refractivity contribution < 1.29 is 24.2 Å². The Bertz CT molecular complexity index is 973. The monoisotopic (exact) mass is 415 g/mol. The molecule has 0 aromatic heterocycles. The first kappa shape index (κ1) is 19.9. The van der Waals surface area contributed by atoms with E-state index < -0.39 is 0 Å². The first-order chi connectivity index (χ1) is 13.3. The number of hydrogen-bond donors (Lipinski definition) is 1. The van der Waals surface area contributed by atoms with Crippen LogP contribution in [0.3, 0.4) is 0 Å². The lowest BCUT2D eigenvalue weighted by molar-refractivity contribution is -0.113. The minimum Gasteiger partial charge on any atom is -0.502 e. The lowest BCUT2D eigenvalue weighted by Gasteiger charge is -2.14. The maximum Gasteiger partial charge on any atom is 0.270 e. The summed E-state index contributed by atoms with van der Waals surface area (Å²) in [7, 11) is 2.87. The molecule has 0 aliphatic carbocycles. The van der Waals surface area contributed by atoms with Gasteiger partial charge in [-0.2, -0.15) is 0 Å². The highest BCUT2D eigenvalue weighted by molar-refractivity contribution is 8.27. The van der Waals surface area contributed by atoms with Crippen LogP contribution in [0.5, 0.6) is 17.2 Å². The number of ether oxygens (including phenoxy) is 2. The van der Waals surface area contributed by atoms with E-state index in [0.717, 1.165) is 0 Å². The molecule has 0 atom stereocenters. The van der Waals surface area contributed by atoms with Crippen molar-refractivity contribution >= 4 is 51.8 Å². The second-order valence-corrected chi connectivity index (χ2v) is 7.57. The van der Waals surface area contributed by atoms with Crippen LogP contribution in [-0.4, -0.2) is 35.3 Å². The number of thiocarbonyl (C=S) groups is 1. The third-order valence-corrected chi connectivity index (χ3v) is 5.43. The summed E-state index contributed by atoms with van der Waals surface area (Å²) in [6.07, 6.45) is 1.66. The number of aromatic hydroxyl groups is 1. The number of thioether (sulfide) groups is 1. The Balaban J connectivity index is 1.94. The molecule has 28 heavy (non-hydrogen) atoms. The number of benzene rings is 2. The average molecular weight is 415 g/mol. The first-order valence-corrected chi connectivity index (χ1v) is 9.42. The third-order valence-electron chi connectivity index (χ3n) is 4.13. The summed E-state index contributed by atoms with van der Waals surface area (Å²) in [5.41, 5.74) is 1.78. The van der Waals surface area contributed by atoms with Gasteiger partial charge >= 0.3 is 0 Å². The molecule has 1 heterocycles. The smallest absolute Gasteiger partial charge is 0.270 e. The zero-order valence-corrected chi connectivity index (χ0v) is 17.0. The number of carbonyl (C=O) groups is 2. The highest BCUT2D eigenvalue weighted by atomic mass is 32.2. The number of nitrogens with zero attached hydrogens (tertiary/aromatic N) is 1. The second-order valence-electron chi connectivity index (χ2n) is 5.89. The topological polar surface area (TPSA) is 76.1 Å². The minimum atomic E-state index is -0.267. The normalized spacial score (nSPS) is 15.2. The van der Waals surface area contributed by atoms with Crippen molar-refractivity contribution in [3.63, 3.8) is 0 Å². The molecule has 0 radical (unpaired) electrons. The molecule has 1 saturated heterocycles. The van der Waals surface area contributed by atoms with Crippen molar-refractivity contribution in [2.24, 2.45) is 0 Å². The lowest BCUT2D eigenvalue weighted by Crippen LogP contribution is -2.27. The van der Waals surface area contributed by atoms with Crippen LogP contribution in [0.2, 0.25) is 0 Å². The van der Waals surface area contributed by atoms with Gasteiger partial charge in [-0.3, -0.25) is 14.5 Å². The summed E-state index contributed by atoms with van der Waals surface area (Å²) in [5, 5.41) is 10.0. The van der Waals surface area contributed by atoms with Gasteiger partial charge in [0, 0.05) is 5.56 Å². The summed E-state index contributed by atoms with van der Waals surface area (Å²) in [6, 6.07) is 9.91. The molecule has 144 valence electrons. The summed E-state index contributed by atoms with van der Waals surface area (Å²) < 4.78 is 10.7. The van der Waals surface area contributed by atoms with E-state index in [1.54, 1.807) is 42.5 Å². The molecular weight excluding hydrogens is 398 g/mol. The van der Waals surface area contributed by atoms with Crippen molar-refractivity contribution in [2.45, 2.75) is 6.92 Å². The van der Waals surface area contributed by atoms with Crippen molar-refractivity contribution in [3.05, 3.63) is 52.4 Å². The number of Topliss-reactive ketones (excluding diaryl/α,β-unsaturated/α-hetero) is 1. The summed E-state index contributed by atoms with van der Waals surface area (Å²) in [4.78, 5) is 26.2. The molecule has 1 aliphatic heterocycles. The van der Waals surface area contributed by atoms with Gasteiger partial charge in [-0.15, -0.1) is 0 Å². The number of anilines is 1. The van der Waals surface area contributed by atoms with Gasteiger partial charge in [-0.25, -0.2) is 0 Å². The van der Waals surface area contributed by atoms with E-state index in [-0.39, 0.29) is 28.9 Å². The molecule has 1 amide bonds. The Morgan fingerprint density at radius 1 is 1.14 bits per heavy atom. The second kappa shape index (κ2) is 8.04. The molecule has 1 fully saturated rings. The van der Waals surface area contributed by atoms with Crippen LogP contribution in [0.4, 0.5) is 5.69 Å². The van der Waals surface area contributed by atoms with Crippen LogP contribution in [0, 0.1) is 0 Å². The standard InChI is InChI=1S/C20H17NO5S2/c1-11(22)13-4-6-14(7-5-13)21-19(24)17(28-20(21)27)10-12-8-15(25-2)18(23)16(9-12)26-3/h4-10,23H,1-3H3. The van der Waals surface area contributed by atoms with Crippen molar-refractivity contribution in [3.8, 4) is 17.2 Å². The Labute approximate surface area is 171 Å². The predicted octanol–water partition coefficient (Wildman–Crippen LogP) is 4.02. The van der Waals surface area contributed by atoms with Gasteiger partial charge in [0.25, 0.3) is 5.91 Å². The number of carbonyl (C=O) groups excluding carboxylic acids is 2. The molecular formula is C20H17NO5S2. The van der Waals surface area contributed by atoms with Gasteiger partial charge in [-0.1, -0.05) is 24.0 Å². The van der Waals surface area contributed by atoms with Crippen LogP contribution >= 0.6 is 24.0 Å². The van der Waals surface area contributed by atoms with Crippen LogP contribution in [0.15, 0.2) is 41.3 Å². The average Bonchev–Trinajstić information content (AvgIpc) is 2.96. The Kier molecular flexibility index (Phi) is 5.71. The Hall–Kier alpha value is -2.84. The van der Waals surface area contributed by atoms with Gasteiger partial charge < -0.3 is 14.6 Å². The zero-order chi connectivity index (χ0) is 20.4. The maximum atomic E-state index is 12.9. The lowest BCUT2D eigenvalue weighted by atomic mass is 10.1. The van der Waals surface area contributed by atoms with Crippen LogP contribution in [0.1, 0.15) is 22.8 Å². The number of phenols is 1. The van der Waals surface area contributed by atoms with E-state index in [0.29, 0.717) is 26.0 Å². The maximum absolute atomic E-state index is 12.9. The molecule has 2 aromatic rings. The highest BCUT2D eigenvalue weighted by Crippen LogP contribution is 2.40. The van der Waals surface area contributed by atoms with Gasteiger partial charge in [0.05, 0.1) is 24.8 Å². The number of ketones is 1. The highest BCUT2D eigenvalue weighted by Gasteiger charge is 2.33. The van der Waals surface area contributed by atoms with E-state index in [4.69, 9.17) is 21.7 Å². The van der Waals surface area contributed by atoms with Crippen LogP contribution in [0.25, 0.3) is 6.08 Å². The van der Waals surface area contributed by atoms with E-state index in [2.05, 4.69) is 0 Å². The fraction of sp³-hybridized carbons (Fsp3) is 0.150. The first-order valence-electron chi connectivity index (χ1n) is 8.19. The van der Waals surface area contributed by atoms with Gasteiger partial charge in [0.2, 0.25) is 5.75 Å². The SMILES string of the molecule is COc1cc(C=C2SC(=S)N(c3ccc(C(C)=O)cc3)C2=O)cc(OC)c1O. The molecule has 8 heteroatoms. The van der Waals surface area contributed by atoms with E-state index in [1.807, 2.05) is 0 Å². The summed E-state index contributed by atoms with van der Waals surface area (Å²) in [6.45, 7) is 1.48. The molecule has 0 bridgehead atoms. The molecule has 0 spiro atoms. The van der Waals surface area contributed by atoms with Gasteiger partial charge in [0.1, 0.15) is 0 Å². The number of phenolic OH excluding ortho intramolecular Hbond substituents is 1. The summed E-state index contributed by atoms with van der Waals surface area (Å²) >= 11 is 6.54. The van der Waals surface area contributed by atoms with Gasteiger partial charge in [-0.05, 0) is 55.0 Å². The van der Waals surface area contributed by atoms with Crippen molar-refractivity contribution in [1.82, 2.24) is 0 Å². The Morgan fingerprint density at radius 2 is 1.71 bits per heavy atom. The Morgan fingerprint density at radius 3 is 2.21 bits per heavy atom. The number of methoxy groups -OCH3 is 2. The fourth-order valence-corrected chi connectivity index (χ4v) is 3.98. The molecule has 3 rings (SSSR count). The van der Waals surface area contributed by atoms with Crippen molar-refractivity contribution in [1.29, 1.82) is 0 Å². The fourth-order valence-electron chi connectivity index (χ4n) is 2.68. The number of hydrogen-bond acceptors (Lipinski definition) is 7. The number of amides is 1. The van der Waals surface area contributed by atoms with Crippen molar-refractivity contribution in [2.75, 3.05) is 19.1 Å². The predicted molar refractivity (Wildman–Crippen MR) is 113 cm³/mol. The van der Waals surface area contributed by atoms with E-state index >= 15 is 0 Å². The quantitative estimate of drug-likeness (QED) is 0.449. The van der Waals surface area contributed by atoms with Gasteiger partial charge in [0.15, 0.2) is 21.6 Å². The van der Waals surface area contributed by atoms with E-state index in [9.17, 15) is 14.7 Å².